The maximum absolute atomic E-state index is 13.5. The van der Waals surface area contributed by atoms with Gasteiger partial charge in [-0.25, -0.2) is 0 Å². The first-order chi connectivity index (χ1) is 50.3. The van der Waals surface area contributed by atoms with E-state index in [2.05, 4.69) is 104 Å². The molecule has 103 heavy (non-hydrogen) atoms. The van der Waals surface area contributed by atoms with Crippen LogP contribution in [0.5, 0.6) is 0 Å². The number of nitrogens with one attached hydrogen (secondary N) is 1. The van der Waals surface area contributed by atoms with Crippen LogP contribution in [0.4, 0.5) is 0 Å². The van der Waals surface area contributed by atoms with Gasteiger partial charge in [0.05, 0.1) is 38.6 Å². The van der Waals surface area contributed by atoms with Gasteiger partial charge >= 0.3 is 0 Å². The molecule has 12 N–H and O–H groups in total. The summed E-state index contributed by atoms with van der Waals surface area (Å²) in [6, 6.07) is -0.980. The number of unbranched alkanes of at least 4 members (excludes halogenated alkanes) is 34. The zero-order valence-corrected chi connectivity index (χ0v) is 63.8. The first-order valence-corrected chi connectivity index (χ1v) is 41.0. The van der Waals surface area contributed by atoms with Gasteiger partial charge < -0.3 is 89.9 Å². The predicted octanol–water partition coefficient (Wildman–Crippen LogP) is 14.0. The Balaban J connectivity index is 1.36. The molecule has 17 atom stereocenters. The van der Waals surface area contributed by atoms with Gasteiger partial charge in [-0.2, -0.15) is 0 Å². The van der Waals surface area contributed by atoms with E-state index in [-0.39, 0.29) is 18.9 Å². The van der Waals surface area contributed by atoms with Crippen molar-refractivity contribution in [3.63, 3.8) is 0 Å². The van der Waals surface area contributed by atoms with E-state index in [4.69, 9.17) is 28.4 Å². The van der Waals surface area contributed by atoms with Crippen LogP contribution in [0.2, 0.25) is 0 Å². The summed E-state index contributed by atoms with van der Waals surface area (Å²) in [6.45, 7) is 1.65. The fourth-order valence-electron chi connectivity index (χ4n) is 13.4. The molecule has 19 heteroatoms. The second kappa shape index (κ2) is 63.6. The summed E-state index contributed by atoms with van der Waals surface area (Å²) >= 11 is 0. The SMILES string of the molecule is CC/C=C\C/C=C\C/C=C\C/C=C\C/C=C\C/C=C\C/C=C\CCCCCCCCCCCCCCCC(=O)NC(COC1OC(CO)C(OC2OC(CO)C(OC3OC(CO)C(O)C(O)C3O)C(O)C2O)C(O)C1O)C(O)/C=C/CCCCCCCCCCCCCCCCCCCCCCC. The van der Waals surface area contributed by atoms with Gasteiger partial charge in [0.15, 0.2) is 18.9 Å². The molecule has 19 nitrogen and oxygen atoms in total. The second-order valence-electron chi connectivity index (χ2n) is 28.9. The van der Waals surface area contributed by atoms with Crippen molar-refractivity contribution in [2.45, 2.75) is 401 Å². The lowest BCUT2D eigenvalue weighted by Crippen LogP contribution is -2.66. The summed E-state index contributed by atoms with van der Waals surface area (Å²) in [5.74, 6) is -0.277. The van der Waals surface area contributed by atoms with Crippen molar-refractivity contribution in [3.8, 4) is 0 Å². The van der Waals surface area contributed by atoms with Crippen LogP contribution in [-0.2, 0) is 33.2 Å². The van der Waals surface area contributed by atoms with Crippen LogP contribution in [0, 0.1) is 0 Å². The quantitative estimate of drug-likeness (QED) is 0.0199. The molecule has 3 aliphatic rings. The molecule has 0 aliphatic carbocycles. The predicted molar refractivity (Wildman–Crippen MR) is 411 cm³/mol. The lowest BCUT2D eigenvalue weighted by atomic mass is 9.96. The molecule has 17 unspecified atom stereocenters. The summed E-state index contributed by atoms with van der Waals surface area (Å²) < 4.78 is 34.5. The number of aliphatic hydroxyl groups is 11. The van der Waals surface area contributed by atoms with Gasteiger partial charge in [-0.15, -0.1) is 0 Å². The van der Waals surface area contributed by atoms with E-state index >= 15 is 0 Å². The molecule has 0 bridgehead atoms. The number of hydrogen-bond acceptors (Lipinski definition) is 18. The van der Waals surface area contributed by atoms with Crippen LogP contribution in [0.25, 0.3) is 0 Å². The summed E-state index contributed by atoms with van der Waals surface area (Å²) in [5.41, 5.74) is 0. The number of ether oxygens (including phenoxy) is 6. The third kappa shape index (κ3) is 43.5. The average Bonchev–Trinajstić information content (AvgIpc) is 0.781. The van der Waals surface area contributed by atoms with Crippen molar-refractivity contribution >= 4 is 5.91 Å². The number of carbonyl (C=O) groups excluding carboxylic acids is 1. The van der Waals surface area contributed by atoms with Crippen LogP contribution in [0.1, 0.15) is 296 Å². The molecule has 0 radical (unpaired) electrons. The highest BCUT2D eigenvalue weighted by Crippen LogP contribution is 2.33. The normalized spacial score (nSPS) is 26.6. The van der Waals surface area contributed by atoms with Crippen LogP contribution in [0.3, 0.4) is 0 Å². The lowest BCUT2D eigenvalue weighted by Gasteiger charge is -2.48. The molecule has 0 saturated carbocycles. The van der Waals surface area contributed by atoms with Crippen molar-refractivity contribution in [1.29, 1.82) is 0 Å². The average molecular weight is 1460 g/mol. The van der Waals surface area contributed by atoms with Crippen molar-refractivity contribution in [3.05, 3.63) is 97.2 Å². The van der Waals surface area contributed by atoms with E-state index < -0.39 is 124 Å². The number of allylic oxidation sites excluding steroid dienone is 15. The highest BCUT2D eigenvalue weighted by Gasteiger charge is 2.54. The fourth-order valence-corrected chi connectivity index (χ4v) is 13.4. The Morgan fingerprint density at radius 1 is 0.359 bits per heavy atom. The number of hydrogen-bond donors (Lipinski definition) is 12. The van der Waals surface area contributed by atoms with E-state index in [0.29, 0.717) is 6.42 Å². The highest BCUT2D eigenvalue weighted by atomic mass is 16.8. The monoisotopic (exact) mass is 1460 g/mol. The molecular formula is C84H147NO18. The molecule has 0 spiro atoms. The Kier molecular flexibility index (Phi) is 58.0. The van der Waals surface area contributed by atoms with Gasteiger partial charge in [0.25, 0.3) is 0 Å². The molecule has 596 valence electrons. The molecule has 0 aromatic heterocycles. The third-order valence-electron chi connectivity index (χ3n) is 19.9. The van der Waals surface area contributed by atoms with Crippen molar-refractivity contribution in [2.24, 2.45) is 0 Å². The number of aliphatic hydroxyl groups excluding tert-OH is 11. The summed E-state index contributed by atoms with van der Waals surface area (Å²) in [4.78, 5) is 13.5. The molecule has 3 fully saturated rings. The molecule has 3 aliphatic heterocycles. The Morgan fingerprint density at radius 2 is 0.670 bits per heavy atom. The Morgan fingerprint density at radius 3 is 1.05 bits per heavy atom. The molecule has 3 saturated heterocycles. The van der Waals surface area contributed by atoms with Gasteiger partial charge in [-0.3, -0.25) is 4.79 Å². The molecule has 0 aromatic rings. The summed E-state index contributed by atoms with van der Waals surface area (Å²) in [5, 5.41) is 121. The van der Waals surface area contributed by atoms with Crippen LogP contribution < -0.4 is 5.32 Å². The van der Waals surface area contributed by atoms with Crippen LogP contribution >= 0.6 is 0 Å². The molecule has 1 amide bonds. The minimum Gasteiger partial charge on any atom is -0.394 e. The smallest absolute Gasteiger partial charge is 0.220 e. The number of amides is 1. The summed E-state index contributed by atoms with van der Waals surface area (Å²) in [6.07, 6.45) is 59.5. The first-order valence-electron chi connectivity index (χ1n) is 41.0. The minimum atomic E-state index is -1.98. The van der Waals surface area contributed by atoms with Gasteiger partial charge in [-0.1, -0.05) is 310 Å². The zero-order valence-electron chi connectivity index (χ0n) is 63.8. The maximum atomic E-state index is 13.5. The van der Waals surface area contributed by atoms with E-state index in [1.807, 2.05) is 6.08 Å². The minimum absolute atomic E-state index is 0.238. The molecule has 0 aromatic carbocycles. The van der Waals surface area contributed by atoms with Gasteiger partial charge in [0, 0.05) is 6.42 Å². The van der Waals surface area contributed by atoms with Gasteiger partial charge in [0.2, 0.25) is 5.91 Å². The molecule has 3 rings (SSSR count). The van der Waals surface area contributed by atoms with Gasteiger partial charge in [-0.05, 0) is 77.0 Å². The Bertz CT molecular complexity index is 2240. The first kappa shape index (κ1) is 93.9. The zero-order chi connectivity index (χ0) is 74.6. The standard InChI is InChI=1S/C84H147NO18/c1-3-5-7-9-11-13-15-17-19-21-23-25-27-28-29-30-31-32-33-34-35-36-37-38-40-42-44-46-48-50-52-54-56-58-60-62-72(90)85-67(68(89)61-59-57-55-53-51-49-47-45-43-41-39-26-24-22-20-18-16-14-12-10-8-6-4-2)66-98-82-78(96)75(93)80(70(64-87)100-82)103-84-79(97)76(94)81(71(65-88)101-84)102-83-77(95)74(92)73(91)69(63-86)99-83/h5,7,11,13,17,19,23,25,28-29,31-32,34-35,59,61,67-71,73-84,86-89,91-97H,3-4,6,8-10,12,14-16,18,20-22,24,26-27,30,33,36-58,60,62-66H2,1-2H3,(H,85,90)/b7-5-,13-11-,19-17-,25-23-,29-28-,32-31-,35-34-,61-59+. The van der Waals surface area contributed by atoms with E-state index in [0.717, 1.165) is 96.3 Å². The number of rotatable bonds is 64. The maximum Gasteiger partial charge on any atom is 0.220 e. The summed E-state index contributed by atoms with van der Waals surface area (Å²) in [7, 11) is 0. The largest absolute Gasteiger partial charge is 0.394 e. The van der Waals surface area contributed by atoms with Gasteiger partial charge in [0.1, 0.15) is 73.2 Å². The van der Waals surface area contributed by atoms with Crippen molar-refractivity contribution in [1.82, 2.24) is 5.32 Å². The van der Waals surface area contributed by atoms with E-state index in [1.54, 1.807) is 6.08 Å². The van der Waals surface area contributed by atoms with Crippen LogP contribution in [-0.4, -0.2) is 193 Å². The fraction of sp³-hybridized carbons (Fsp3) is 0.798. The van der Waals surface area contributed by atoms with E-state index in [9.17, 15) is 61.0 Å². The van der Waals surface area contributed by atoms with Crippen molar-refractivity contribution < 1.29 is 89.4 Å². The Labute approximate surface area is 622 Å². The lowest BCUT2D eigenvalue weighted by molar-refractivity contribution is -0.379. The van der Waals surface area contributed by atoms with Crippen molar-refractivity contribution in [2.75, 3.05) is 26.4 Å². The Hall–Kier alpha value is -3.29. The van der Waals surface area contributed by atoms with Crippen LogP contribution in [0.15, 0.2) is 97.2 Å². The molecular weight excluding hydrogens is 1310 g/mol. The number of carbonyl (C=O) groups is 1. The van der Waals surface area contributed by atoms with E-state index in [1.165, 1.54) is 173 Å². The highest BCUT2D eigenvalue weighted by molar-refractivity contribution is 5.76. The second-order valence-corrected chi connectivity index (χ2v) is 28.9. The molecule has 3 heterocycles. The topological polar surface area (TPSA) is 307 Å². The third-order valence-corrected chi connectivity index (χ3v) is 19.9.